The summed E-state index contributed by atoms with van der Waals surface area (Å²) in [7, 11) is 1.59. The van der Waals surface area contributed by atoms with Crippen molar-refractivity contribution in [3.8, 4) is 11.5 Å². The number of hydrogen-bond donors (Lipinski definition) is 1. The van der Waals surface area contributed by atoms with E-state index in [0.29, 0.717) is 11.3 Å². The van der Waals surface area contributed by atoms with Gasteiger partial charge in [-0.15, -0.1) is 0 Å². The normalized spacial score (nSPS) is 11.1. The molecule has 2 rings (SSSR count). The van der Waals surface area contributed by atoms with Gasteiger partial charge in [-0.1, -0.05) is 13.8 Å². The van der Waals surface area contributed by atoms with Crippen LogP contribution in [0.25, 0.3) is 10.8 Å². The lowest BCUT2D eigenvalue weighted by atomic mass is 9.88. The predicted molar refractivity (Wildman–Crippen MR) is 81.1 cm³/mol. The van der Waals surface area contributed by atoms with Crippen molar-refractivity contribution in [1.82, 2.24) is 0 Å². The summed E-state index contributed by atoms with van der Waals surface area (Å²) < 4.78 is 5.49. The van der Waals surface area contributed by atoms with Crippen LogP contribution in [0.15, 0.2) is 12.1 Å². The van der Waals surface area contributed by atoms with Gasteiger partial charge >= 0.3 is 0 Å². The van der Waals surface area contributed by atoms with Gasteiger partial charge in [-0.05, 0) is 53.8 Å². The van der Waals surface area contributed by atoms with E-state index in [-0.39, 0.29) is 11.7 Å². The van der Waals surface area contributed by atoms with Crippen molar-refractivity contribution in [2.75, 3.05) is 7.11 Å². The molecule has 2 aromatic carbocycles. The number of benzene rings is 2. The van der Waals surface area contributed by atoms with Crippen LogP contribution in [-0.2, 0) is 0 Å². The molecule has 0 heterocycles. The van der Waals surface area contributed by atoms with Gasteiger partial charge < -0.3 is 9.84 Å². The third kappa shape index (κ3) is 2.03. The fourth-order valence-electron chi connectivity index (χ4n) is 2.75. The quantitative estimate of drug-likeness (QED) is 0.855. The van der Waals surface area contributed by atoms with Crippen molar-refractivity contribution in [2.24, 2.45) is 0 Å². The average molecular weight is 272 g/mol. The Hall–Kier alpha value is -2.03. The van der Waals surface area contributed by atoms with Crippen LogP contribution in [0.1, 0.15) is 46.8 Å². The van der Waals surface area contributed by atoms with E-state index >= 15 is 0 Å². The standard InChI is InChI=1S/C17H20O3/c1-9(2)16-13-6-10(3)15(19)7-12(13)11(4)14(8-18)17(16)20-5/h6-9,19H,1-5H3. The number of carbonyl (C=O) groups is 1. The van der Waals surface area contributed by atoms with Crippen molar-refractivity contribution in [3.63, 3.8) is 0 Å². The first-order valence-electron chi connectivity index (χ1n) is 6.71. The smallest absolute Gasteiger partial charge is 0.154 e. The Balaban J connectivity index is 3.07. The molecule has 0 atom stereocenters. The molecule has 0 radical (unpaired) electrons. The van der Waals surface area contributed by atoms with Crippen molar-refractivity contribution < 1.29 is 14.6 Å². The minimum atomic E-state index is 0.218. The van der Waals surface area contributed by atoms with Crippen LogP contribution < -0.4 is 4.74 Å². The van der Waals surface area contributed by atoms with Crippen LogP contribution in [0.2, 0.25) is 0 Å². The summed E-state index contributed by atoms with van der Waals surface area (Å²) in [6, 6.07) is 3.70. The Kier molecular flexibility index (Phi) is 3.71. The van der Waals surface area contributed by atoms with Gasteiger partial charge in [-0.3, -0.25) is 4.79 Å². The molecule has 2 aromatic rings. The molecule has 0 unspecified atom stereocenters. The molecule has 106 valence electrons. The van der Waals surface area contributed by atoms with Gasteiger partial charge in [-0.25, -0.2) is 0 Å². The fraction of sp³-hybridized carbons (Fsp3) is 0.353. The molecule has 0 saturated carbocycles. The largest absolute Gasteiger partial charge is 0.508 e. The SMILES string of the molecule is COc1c(C=O)c(C)c2cc(O)c(C)cc2c1C(C)C. The van der Waals surface area contributed by atoms with Gasteiger partial charge in [0.05, 0.1) is 12.7 Å². The molecule has 3 nitrogen and oxygen atoms in total. The molecule has 0 aliphatic rings. The second-order valence-electron chi connectivity index (χ2n) is 5.44. The van der Waals surface area contributed by atoms with E-state index in [2.05, 4.69) is 13.8 Å². The average Bonchev–Trinajstić information content (AvgIpc) is 2.40. The summed E-state index contributed by atoms with van der Waals surface area (Å²) in [6.07, 6.45) is 0.830. The topological polar surface area (TPSA) is 46.5 Å². The molecular formula is C17H20O3. The number of rotatable bonds is 3. The third-order valence-electron chi connectivity index (χ3n) is 3.82. The number of aldehydes is 1. The lowest BCUT2D eigenvalue weighted by Crippen LogP contribution is -2.03. The maximum absolute atomic E-state index is 11.4. The second kappa shape index (κ2) is 5.16. The van der Waals surface area contributed by atoms with Crippen LogP contribution in [0.5, 0.6) is 11.5 Å². The summed E-state index contributed by atoms with van der Waals surface area (Å²) in [5.41, 5.74) is 3.23. The van der Waals surface area contributed by atoms with Gasteiger partial charge in [0.25, 0.3) is 0 Å². The van der Waals surface area contributed by atoms with Gasteiger partial charge in [0.2, 0.25) is 0 Å². The number of methoxy groups -OCH3 is 1. The Morgan fingerprint density at radius 2 is 1.85 bits per heavy atom. The van der Waals surface area contributed by atoms with Gasteiger partial charge in [0.1, 0.15) is 11.5 Å². The number of phenols is 1. The molecule has 0 aliphatic carbocycles. The number of ether oxygens (including phenoxy) is 1. The Labute approximate surface area is 119 Å². The molecule has 0 aliphatic heterocycles. The van der Waals surface area contributed by atoms with Crippen molar-refractivity contribution in [2.45, 2.75) is 33.6 Å². The highest BCUT2D eigenvalue weighted by atomic mass is 16.5. The number of aromatic hydroxyl groups is 1. The van der Waals surface area contributed by atoms with Crippen molar-refractivity contribution in [1.29, 1.82) is 0 Å². The van der Waals surface area contributed by atoms with Crippen LogP contribution in [0.3, 0.4) is 0 Å². The Bertz CT molecular complexity index is 685. The molecule has 0 amide bonds. The Morgan fingerprint density at radius 3 is 2.35 bits per heavy atom. The fourth-order valence-corrected chi connectivity index (χ4v) is 2.75. The first kappa shape index (κ1) is 14.4. The molecule has 0 spiro atoms. The number of carbonyl (C=O) groups excluding carboxylic acids is 1. The zero-order chi connectivity index (χ0) is 15.0. The minimum absolute atomic E-state index is 0.218. The summed E-state index contributed by atoms with van der Waals surface area (Å²) in [4.78, 5) is 11.4. The van der Waals surface area contributed by atoms with Crippen molar-refractivity contribution >= 4 is 17.1 Å². The molecular weight excluding hydrogens is 252 g/mol. The molecule has 1 N–H and O–H groups in total. The number of aryl methyl sites for hydroxylation is 2. The summed E-state index contributed by atoms with van der Waals surface area (Å²) in [5.74, 6) is 1.11. The monoisotopic (exact) mass is 272 g/mol. The first-order chi connectivity index (χ1) is 9.42. The van der Waals surface area contributed by atoms with Crippen LogP contribution in [0, 0.1) is 13.8 Å². The van der Waals surface area contributed by atoms with E-state index in [1.807, 2.05) is 19.9 Å². The van der Waals surface area contributed by atoms with Gasteiger partial charge in [0.15, 0.2) is 6.29 Å². The van der Waals surface area contributed by atoms with Crippen LogP contribution in [0.4, 0.5) is 0 Å². The highest BCUT2D eigenvalue weighted by molar-refractivity contribution is 6.00. The summed E-state index contributed by atoms with van der Waals surface area (Å²) in [5, 5.41) is 11.9. The Morgan fingerprint density at radius 1 is 1.20 bits per heavy atom. The molecule has 0 saturated heterocycles. The molecule has 0 aromatic heterocycles. The second-order valence-corrected chi connectivity index (χ2v) is 5.44. The van der Waals surface area contributed by atoms with E-state index in [4.69, 9.17) is 4.74 Å². The van der Waals surface area contributed by atoms with Crippen molar-refractivity contribution in [3.05, 3.63) is 34.4 Å². The molecule has 0 bridgehead atoms. The number of phenolic OH excluding ortho intramolecular Hbond substituents is 1. The summed E-state index contributed by atoms with van der Waals surface area (Å²) >= 11 is 0. The summed E-state index contributed by atoms with van der Waals surface area (Å²) in [6.45, 7) is 7.90. The molecule has 20 heavy (non-hydrogen) atoms. The predicted octanol–water partition coefficient (Wildman–Crippen LogP) is 4.11. The lowest BCUT2D eigenvalue weighted by Gasteiger charge is -2.20. The highest BCUT2D eigenvalue weighted by Gasteiger charge is 2.20. The van der Waals surface area contributed by atoms with Crippen LogP contribution >= 0.6 is 0 Å². The number of hydrogen-bond acceptors (Lipinski definition) is 3. The van der Waals surface area contributed by atoms with E-state index in [1.165, 1.54) is 0 Å². The van der Waals surface area contributed by atoms with Crippen LogP contribution in [-0.4, -0.2) is 18.5 Å². The zero-order valence-electron chi connectivity index (χ0n) is 12.6. The third-order valence-corrected chi connectivity index (χ3v) is 3.82. The molecule has 0 fully saturated rings. The van der Waals surface area contributed by atoms with E-state index in [1.54, 1.807) is 13.2 Å². The minimum Gasteiger partial charge on any atom is -0.508 e. The van der Waals surface area contributed by atoms with E-state index in [0.717, 1.165) is 33.7 Å². The maximum atomic E-state index is 11.4. The van der Waals surface area contributed by atoms with Gasteiger partial charge in [-0.2, -0.15) is 0 Å². The number of fused-ring (bicyclic) bond motifs is 1. The zero-order valence-corrected chi connectivity index (χ0v) is 12.6. The maximum Gasteiger partial charge on any atom is 0.154 e. The lowest BCUT2D eigenvalue weighted by molar-refractivity contribution is 0.112. The van der Waals surface area contributed by atoms with E-state index < -0.39 is 0 Å². The van der Waals surface area contributed by atoms with Gasteiger partial charge in [0, 0.05) is 5.56 Å². The van der Waals surface area contributed by atoms with E-state index in [9.17, 15) is 9.90 Å². The highest BCUT2D eigenvalue weighted by Crippen LogP contribution is 2.41. The molecule has 3 heteroatoms. The first-order valence-corrected chi connectivity index (χ1v) is 6.71.